The van der Waals surface area contributed by atoms with Crippen molar-refractivity contribution in [1.82, 2.24) is 4.98 Å². The topological polar surface area (TPSA) is 33.1 Å². The number of fused-ring (bicyclic) bond motifs is 1. The number of rotatable bonds is 0. The van der Waals surface area contributed by atoms with Crippen LogP contribution < -0.4 is 0 Å². The van der Waals surface area contributed by atoms with Crippen molar-refractivity contribution in [2.45, 2.75) is 0 Å². The smallest absolute Gasteiger partial charge is 0.141 e. The first-order chi connectivity index (χ1) is 5.79. The Balaban J connectivity index is 0.000000845. The van der Waals surface area contributed by atoms with Crippen LogP contribution in [-0.4, -0.2) is 39.6 Å². The molecule has 0 unspecified atom stereocenters. The average Bonchev–Trinajstić information content (AvgIpc) is 2.12. The van der Waals surface area contributed by atoms with Crippen molar-refractivity contribution in [3.05, 3.63) is 34.9 Å². The van der Waals surface area contributed by atoms with Crippen LogP contribution in [0.15, 0.2) is 34.9 Å². The molecular formula is C9H6BrNNaO. The predicted octanol–water partition coefficient (Wildman–Crippen LogP) is 2.32. The van der Waals surface area contributed by atoms with Gasteiger partial charge in [0.2, 0.25) is 0 Å². The molecule has 0 bridgehead atoms. The van der Waals surface area contributed by atoms with Crippen molar-refractivity contribution < 1.29 is 5.11 Å². The summed E-state index contributed by atoms with van der Waals surface area (Å²) >= 11 is 3.38. The van der Waals surface area contributed by atoms with Gasteiger partial charge in [0.25, 0.3) is 0 Å². The summed E-state index contributed by atoms with van der Waals surface area (Å²) in [5, 5.41) is 10.3. The second kappa shape index (κ2) is 4.42. The molecule has 1 heterocycles. The van der Waals surface area contributed by atoms with E-state index in [0.29, 0.717) is 5.52 Å². The van der Waals surface area contributed by atoms with Crippen LogP contribution >= 0.6 is 15.9 Å². The fourth-order valence-corrected chi connectivity index (χ4v) is 1.58. The number of aromatic hydroxyl groups is 1. The van der Waals surface area contributed by atoms with Crippen molar-refractivity contribution in [3.63, 3.8) is 0 Å². The summed E-state index contributed by atoms with van der Waals surface area (Å²) in [5.74, 6) is 0.216. The van der Waals surface area contributed by atoms with Crippen LogP contribution in [-0.2, 0) is 0 Å². The van der Waals surface area contributed by atoms with Gasteiger partial charge in [-0.05, 0) is 18.2 Å². The fraction of sp³-hybridized carbons (Fsp3) is 0. The third-order valence-electron chi connectivity index (χ3n) is 1.70. The molecule has 2 aromatic rings. The quantitative estimate of drug-likeness (QED) is 0.724. The molecule has 13 heavy (non-hydrogen) atoms. The zero-order valence-corrected chi connectivity index (χ0v) is 10.7. The second-order valence-electron chi connectivity index (χ2n) is 2.47. The van der Waals surface area contributed by atoms with E-state index in [1.807, 2.05) is 12.1 Å². The van der Waals surface area contributed by atoms with E-state index >= 15 is 0 Å². The molecule has 2 rings (SSSR count). The van der Waals surface area contributed by atoms with Crippen molar-refractivity contribution in [2.75, 3.05) is 0 Å². The zero-order valence-electron chi connectivity index (χ0n) is 7.16. The van der Waals surface area contributed by atoms with Gasteiger partial charge in [0, 0.05) is 45.6 Å². The van der Waals surface area contributed by atoms with Crippen molar-refractivity contribution in [3.8, 4) is 5.75 Å². The first kappa shape index (κ1) is 11.0. The minimum absolute atomic E-state index is 0. The summed E-state index contributed by atoms with van der Waals surface area (Å²) < 4.78 is 0.948. The fourth-order valence-electron chi connectivity index (χ4n) is 1.12. The molecule has 0 atom stereocenters. The standard InChI is InChI=1S/C9H6BrNO.Na/c10-7-3-4-8(12)9-6(7)2-1-5-11-9;/h1-5,12H;. The van der Waals surface area contributed by atoms with Crippen molar-refractivity contribution in [2.24, 2.45) is 0 Å². The van der Waals surface area contributed by atoms with Crippen LogP contribution in [0.3, 0.4) is 0 Å². The maximum absolute atomic E-state index is 9.41. The molecule has 0 fully saturated rings. The van der Waals surface area contributed by atoms with Gasteiger partial charge in [-0.1, -0.05) is 22.0 Å². The number of hydrogen-bond acceptors (Lipinski definition) is 2. The first-order valence-corrected chi connectivity index (χ1v) is 4.30. The van der Waals surface area contributed by atoms with E-state index in [1.54, 1.807) is 18.3 Å². The summed E-state index contributed by atoms with van der Waals surface area (Å²) in [7, 11) is 0. The van der Waals surface area contributed by atoms with Crippen LogP contribution in [0.5, 0.6) is 5.75 Å². The van der Waals surface area contributed by atoms with Gasteiger partial charge in [-0.15, -0.1) is 0 Å². The van der Waals surface area contributed by atoms with Crippen LogP contribution in [0.25, 0.3) is 10.9 Å². The largest absolute Gasteiger partial charge is 0.506 e. The van der Waals surface area contributed by atoms with E-state index in [9.17, 15) is 5.11 Å². The molecule has 0 saturated heterocycles. The van der Waals surface area contributed by atoms with Gasteiger partial charge in [0.05, 0.1) is 0 Å². The van der Waals surface area contributed by atoms with Crippen LogP contribution in [0.4, 0.5) is 0 Å². The van der Waals surface area contributed by atoms with Gasteiger partial charge >= 0.3 is 0 Å². The second-order valence-corrected chi connectivity index (χ2v) is 3.32. The van der Waals surface area contributed by atoms with Gasteiger partial charge < -0.3 is 5.11 Å². The van der Waals surface area contributed by atoms with Gasteiger partial charge in [0.15, 0.2) is 0 Å². The Kier molecular flexibility index (Phi) is 3.74. The van der Waals surface area contributed by atoms with E-state index < -0.39 is 0 Å². The van der Waals surface area contributed by atoms with E-state index in [2.05, 4.69) is 20.9 Å². The molecule has 1 radical (unpaired) electrons. The molecule has 1 aromatic carbocycles. The molecule has 0 aliphatic rings. The van der Waals surface area contributed by atoms with Crippen LogP contribution in [0.2, 0.25) is 0 Å². The van der Waals surface area contributed by atoms with Gasteiger partial charge in [-0.3, -0.25) is 4.98 Å². The third-order valence-corrected chi connectivity index (χ3v) is 2.39. The number of aromatic nitrogens is 1. The SMILES string of the molecule is Oc1ccc(Br)c2cccnc12.[Na]. The molecule has 0 spiro atoms. The number of phenols is 1. The minimum atomic E-state index is 0. The summed E-state index contributed by atoms with van der Waals surface area (Å²) in [6.45, 7) is 0. The summed E-state index contributed by atoms with van der Waals surface area (Å²) in [6.07, 6.45) is 1.66. The maximum Gasteiger partial charge on any atom is 0.141 e. The molecule has 0 saturated carbocycles. The number of phenolic OH excluding ortho intramolecular Hbond substituents is 1. The number of halogens is 1. The average molecular weight is 247 g/mol. The van der Waals surface area contributed by atoms with E-state index in [4.69, 9.17) is 0 Å². The van der Waals surface area contributed by atoms with Gasteiger partial charge in [-0.2, -0.15) is 0 Å². The normalized spacial score (nSPS) is 9.62. The van der Waals surface area contributed by atoms with E-state index in [1.165, 1.54) is 0 Å². The van der Waals surface area contributed by atoms with Crippen molar-refractivity contribution in [1.29, 1.82) is 0 Å². The van der Waals surface area contributed by atoms with Crippen molar-refractivity contribution >= 4 is 56.4 Å². The predicted molar refractivity (Wildman–Crippen MR) is 56.9 cm³/mol. The molecule has 2 nitrogen and oxygen atoms in total. The Morgan fingerprint density at radius 1 is 1.23 bits per heavy atom. The Morgan fingerprint density at radius 2 is 2.00 bits per heavy atom. The Bertz CT molecular complexity index is 392. The van der Waals surface area contributed by atoms with Gasteiger partial charge in [0.1, 0.15) is 11.3 Å². The van der Waals surface area contributed by atoms with Crippen LogP contribution in [0, 0.1) is 0 Å². The van der Waals surface area contributed by atoms with E-state index in [-0.39, 0.29) is 35.3 Å². The Morgan fingerprint density at radius 3 is 2.69 bits per heavy atom. The number of pyridine rings is 1. The summed E-state index contributed by atoms with van der Waals surface area (Å²) in [4.78, 5) is 4.06. The van der Waals surface area contributed by atoms with Crippen LogP contribution in [0.1, 0.15) is 0 Å². The Labute approximate surface area is 106 Å². The molecule has 0 aliphatic heterocycles. The molecule has 1 aromatic heterocycles. The number of nitrogens with zero attached hydrogens (tertiary/aromatic N) is 1. The zero-order chi connectivity index (χ0) is 8.55. The first-order valence-electron chi connectivity index (χ1n) is 3.51. The molecule has 4 heteroatoms. The molecule has 0 aliphatic carbocycles. The molecule has 61 valence electrons. The molecule has 0 amide bonds. The summed E-state index contributed by atoms with van der Waals surface area (Å²) in [6, 6.07) is 7.18. The third kappa shape index (κ3) is 2.05. The maximum atomic E-state index is 9.41. The summed E-state index contributed by atoms with van der Waals surface area (Å²) in [5.41, 5.74) is 0.631. The monoisotopic (exact) mass is 246 g/mol. The van der Waals surface area contributed by atoms with Gasteiger partial charge in [-0.25, -0.2) is 0 Å². The number of benzene rings is 1. The minimum Gasteiger partial charge on any atom is -0.506 e. The molecule has 1 N–H and O–H groups in total. The number of hydrogen-bond donors (Lipinski definition) is 1. The Hall–Kier alpha value is -0.0900. The molecular weight excluding hydrogens is 241 g/mol. The van der Waals surface area contributed by atoms with E-state index in [0.717, 1.165) is 9.86 Å².